The SMILES string of the molecule is CCOC(=O)C#CCCC=O. The quantitative estimate of drug-likeness (QED) is 0.196. The zero-order valence-corrected chi connectivity index (χ0v) is 6.42. The van der Waals surface area contributed by atoms with Crippen LogP contribution in [0.5, 0.6) is 0 Å². The first-order valence-corrected chi connectivity index (χ1v) is 3.40. The van der Waals surface area contributed by atoms with Crippen molar-refractivity contribution in [2.75, 3.05) is 6.61 Å². The maximum Gasteiger partial charge on any atom is 0.384 e. The van der Waals surface area contributed by atoms with Crippen LogP contribution in [0.25, 0.3) is 0 Å². The number of hydrogen-bond acceptors (Lipinski definition) is 3. The van der Waals surface area contributed by atoms with Gasteiger partial charge in [-0.3, -0.25) is 0 Å². The molecule has 0 saturated carbocycles. The monoisotopic (exact) mass is 154 g/mol. The number of carbonyl (C=O) groups excluding carboxylic acids is 2. The molecule has 0 unspecified atom stereocenters. The molecule has 60 valence electrons. The largest absolute Gasteiger partial charge is 0.456 e. The Kier molecular flexibility index (Phi) is 6.01. The van der Waals surface area contributed by atoms with Gasteiger partial charge in [0.1, 0.15) is 6.29 Å². The van der Waals surface area contributed by atoms with Crippen LogP contribution in [0.2, 0.25) is 0 Å². The number of rotatable bonds is 3. The van der Waals surface area contributed by atoms with E-state index in [9.17, 15) is 9.59 Å². The van der Waals surface area contributed by atoms with Crippen LogP contribution >= 0.6 is 0 Å². The second kappa shape index (κ2) is 6.81. The Balaban J connectivity index is 3.51. The van der Waals surface area contributed by atoms with E-state index in [-0.39, 0.29) is 0 Å². The van der Waals surface area contributed by atoms with Gasteiger partial charge in [0.2, 0.25) is 0 Å². The third-order valence-electron chi connectivity index (χ3n) is 0.853. The maximum absolute atomic E-state index is 10.5. The predicted molar refractivity (Wildman–Crippen MR) is 39.7 cm³/mol. The first-order valence-electron chi connectivity index (χ1n) is 3.40. The van der Waals surface area contributed by atoms with Gasteiger partial charge in [-0.2, -0.15) is 0 Å². The minimum Gasteiger partial charge on any atom is -0.456 e. The molecule has 0 radical (unpaired) electrons. The average Bonchev–Trinajstić information content (AvgIpc) is 1.99. The van der Waals surface area contributed by atoms with Crippen molar-refractivity contribution in [1.29, 1.82) is 0 Å². The Morgan fingerprint density at radius 2 is 2.36 bits per heavy atom. The smallest absolute Gasteiger partial charge is 0.384 e. The molecule has 3 heteroatoms. The number of carbonyl (C=O) groups is 2. The minimum absolute atomic E-state index is 0.335. The van der Waals surface area contributed by atoms with Crippen molar-refractivity contribution in [2.24, 2.45) is 0 Å². The molecule has 0 fully saturated rings. The van der Waals surface area contributed by atoms with Crippen LogP contribution in [0.1, 0.15) is 19.8 Å². The van der Waals surface area contributed by atoms with Gasteiger partial charge in [0.25, 0.3) is 0 Å². The molecule has 0 atom stereocenters. The Bertz CT molecular complexity index is 185. The second-order valence-corrected chi connectivity index (χ2v) is 1.73. The van der Waals surface area contributed by atoms with E-state index < -0.39 is 5.97 Å². The summed E-state index contributed by atoms with van der Waals surface area (Å²) in [5, 5.41) is 0. The molecule has 0 amide bonds. The van der Waals surface area contributed by atoms with Gasteiger partial charge in [-0.25, -0.2) is 4.79 Å². The topological polar surface area (TPSA) is 43.4 Å². The van der Waals surface area contributed by atoms with Gasteiger partial charge in [-0.15, -0.1) is 0 Å². The molecule has 0 aromatic carbocycles. The fourth-order valence-corrected chi connectivity index (χ4v) is 0.433. The van der Waals surface area contributed by atoms with Crippen LogP contribution in [0, 0.1) is 11.8 Å². The molecule has 11 heavy (non-hydrogen) atoms. The van der Waals surface area contributed by atoms with Crippen molar-refractivity contribution in [2.45, 2.75) is 19.8 Å². The first kappa shape index (κ1) is 9.70. The Hall–Kier alpha value is -1.30. The molecule has 0 bridgehead atoms. The molecule has 0 aromatic rings. The molecule has 0 aliphatic rings. The summed E-state index contributed by atoms with van der Waals surface area (Å²) in [5.41, 5.74) is 0. The Labute approximate surface area is 65.7 Å². The highest BCUT2D eigenvalue weighted by molar-refractivity contribution is 5.88. The lowest BCUT2D eigenvalue weighted by atomic mass is 10.3. The molecule has 0 N–H and O–H groups in total. The molecule has 0 aromatic heterocycles. The highest BCUT2D eigenvalue weighted by Crippen LogP contribution is 1.80. The number of hydrogen-bond donors (Lipinski definition) is 0. The van der Waals surface area contributed by atoms with Crippen LogP contribution in [0.3, 0.4) is 0 Å². The van der Waals surface area contributed by atoms with Crippen LogP contribution in [-0.2, 0) is 14.3 Å². The van der Waals surface area contributed by atoms with Gasteiger partial charge in [0, 0.05) is 18.8 Å². The van der Waals surface area contributed by atoms with E-state index in [1.54, 1.807) is 6.92 Å². The van der Waals surface area contributed by atoms with Crippen LogP contribution in [-0.4, -0.2) is 18.9 Å². The molecule has 0 heterocycles. The zero-order valence-electron chi connectivity index (χ0n) is 6.42. The molecular formula is C8H10O3. The standard InChI is InChI=1S/C8H10O3/c1-2-11-8(10)6-4-3-5-7-9/h7H,2-3,5H2,1H3. The summed E-state index contributed by atoms with van der Waals surface area (Å²) in [5.74, 6) is 4.23. The fourth-order valence-electron chi connectivity index (χ4n) is 0.433. The van der Waals surface area contributed by atoms with Crippen LogP contribution < -0.4 is 0 Å². The van der Waals surface area contributed by atoms with Crippen molar-refractivity contribution in [3.8, 4) is 11.8 Å². The van der Waals surface area contributed by atoms with Crippen molar-refractivity contribution >= 4 is 12.3 Å². The third kappa shape index (κ3) is 6.59. The molecule has 0 aliphatic carbocycles. The minimum atomic E-state index is -0.529. The zero-order chi connectivity index (χ0) is 8.53. The van der Waals surface area contributed by atoms with Gasteiger partial charge >= 0.3 is 5.97 Å². The van der Waals surface area contributed by atoms with Crippen LogP contribution in [0.4, 0.5) is 0 Å². The normalized spacial score (nSPS) is 7.73. The van der Waals surface area contributed by atoms with Gasteiger partial charge in [0.05, 0.1) is 6.61 Å². The lowest BCUT2D eigenvalue weighted by Gasteiger charge is -1.89. The maximum atomic E-state index is 10.5. The molecular weight excluding hydrogens is 144 g/mol. The second-order valence-electron chi connectivity index (χ2n) is 1.73. The molecule has 0 spiro atoms. The summed E-state index contributed by atoms with van der Waals surface area (Å²) in [4.78, 5) is 20.3. The summed E-state index contributed by atoms with van der Waals surface area (Å²) in [6, 6.07) is 0. The lowest BCUT2D eigenvalue weighted by molar-refractivity contribution is -0.136. The van der Waals surface area contributed by atoms with E-state index >= 15 is 0 Å². The summed E-state index contributed by atoms with van der Waals surface area (Å²) in [6.45, 7) is 2.05. The number of ether oxygens (including phenoxy) is 1. The molecule has 0 aliphatic heterocycles. The van der Waals surface area contributed by atoms with Gasteiger partial charge in [0.15, 0.2) is 0 Å². The number of aldehydes is 1. The number of unbranched alkanes of at least 4 members (excludes halogenated alkanes) is 1. The van der Waals surface area contributed by atoms with Crippen LogP contribution in [0.15, 0.2) is 0 Å². The van der Waals surface area contributed by atoms with Crippen molar-refractivity contribution < 1.29 is 14.3 Å². The molecule has 0 saturated heterocycles. The highest BCUT2D eigenvalue weighted by atomic mass is 16.5. The van der Waals surface area contributed by atoms with Gasteiger partial charge in [-0.1, -0.05) is 5.92 Å². The summed E-state index contributed by atoms with van der Waals surface area (Å²) < 4.78 is 4.52. The predicted octanol–water partition coefficient (Wildman–Crippen LogP) is 0.532. The van der Waals surface area contributed by atoms with E-state index in [1.807, 2.05) is 0 Å². The summed E-state index contributed by atoms with van der Waals surface area (Å²) in [7, 11) is 0. The highest BCUT2D eigenvalue weighted by Gasteiger charge is 1.90. The van der Waals surface area contributed by atoms with Gasteiger partial charge < -0.3 is 9.53 Å². The third-order valence-corrected chi connectivity index (χ3v) is 0.853. The van der Waals surface area contributed by atoms with E-state index in [0.29, 0.717) is 19.4 Å². The van der Waals surface area contributed by atoms with Crippen molar-refractivity contribution in [1.82, 2.24) is 0 Å². The first-order chi connectivity index (χ1) is 5.31. The molecule has 3 nitrogen and oxygen atoms in total. The summed E-state index contributed by atoms with van der Waals surface area (Å²) in [6.07, 6.45) is 1.55. The van der Waals surface area contributed by atoms with E-state index in [2.05, 4.69) is 16.6 Å². The number of esters is 1. The average molecular weight is 154 g/mol. The van der Waals surface area contributed by atoms with E-state index in [4.69, 9.17) is 0 Å². The Morgan fingerprint density at radius 1 is 1.64 bits per heavy atom. The van der Waals surface area contributed by atoms with E-state index in [1.165, 1.54) is 0 Å². The van der Waals surface area contributed by atoms with Gasteiger partial charge in [-0.05, 0) is 6.92 Å². The lowest BCUT2D eigenvalue weighted by Crippen LogP contribution is -1.99. The molecule has 0 rings (SSSR count). The van der Waals surface area contributed by atoms with E-state index in [0.717, 1.165) is 6.29 Å². The van der Waals surface area contributed by atoms with Crippen molar-refractivity contribution in [3.05, 3.63) is 0 Å². The Morgan fingerprint density at radius 3 is 2.91 bits per heavy atom. The fraction of sp³-hybridized carbons (Fsp3) is 0.500. The summed E-state index contributed by atoms with van der Waals surface area (Å²) >= 11 is 0. The van der Waals surface area contributed by atoms with Crippen molar-refractivity contribution in [3.63, 3.8) is 0 Å².